The number of benzene rings is 2. The lowest BCUT2D eigenvalue weighted by Gasteiger charge is -2.01. The van der Waals surface area contributed by atoms with Gasteiger partial charge in [0.05, 0.1) is 55.5 Å². The maximum absolute atomic E-state index is 4.44. The molecule has 0 amide bonds. The van der Waals surface area contributed by atoms with Crippen LogP contribution in [0.4, 0.5) is 0 Å². The van der Waals surface area contributed by atoms with E-state index in [0.717, 1.165) is 28.2 Å². The molecule has 0 unspecified atom stereocenters. The maximum Gasteiger partial charge on any atom is 0.106 e. The number of pyridine rings is 4. The summed E-state index contributed by atoms with van der Waals surface area (Å²) in [5.74, 6) is 1.07. The highest BCUT2D eigenvalue weighted by atomic mass is 15.1. The van der Waals surface area contributed by atoms with Crippen LogP contribution in [0.5, 0.6) is 0 Å². The van der Waals surface area contributed by atoms with E-state index in [4.69, 9.17) is 0 Å². The van der Waals surface area contributed by atoms with E-state index in [-0.39, 0.29) is 89.1 Å². The first-order valence-electron chi connectivity index (χ1n) is 30.6. The molecule has 11 nitrogen and oxygen atoms in total. The Balaban J connectivity index is -0.0000000834. The number of hydrogen-bond donors (Lipinski definition) is 0. The predicted molar refractivity (Wildman–Crippen MR) is 452 cm³/mol. The summed E-state index contributed by atoms with van der Waals surface area (Å²) in [7, 11) is 12.5. The second-order valence-corrected chi connectivity index (χ2v) is 19.3. The molecule has 0 saturated heterocycles. The molecule has 0 aliphatic carbocycles. The Kier molecular flexibility index (Phi) is 69.1. The highest BCUT2D eigenvalue weighted by Gasteiger charge is 2.09. The van der Waals surface area contributed by atoms with Crippen molar-refractivity contribution in [2.75, 3.05) is 0 Å². The third-order valence-corrected chi connectivity index (χ3v) is 14.3. The van der Waals surface area contributed by atoms with Crippen LogP contribution >= 0.6 is 0 Å². The van der Waals surface area contributed by atoms with Gasteiger partial charge in [-0.2, -0.15) is 0 Å². The van der Waals surface area contributed by atoms with Gasteiger partial charge in [0.1, 0.15) is 5.82 Å². The summed E-state index contributed by atoms with van der Waals surface area (Å²) in [4.78, 5) is 21.4. The fourth-order valence-corrected chi connectivity index (χ4v) is 9.82. The Morgan fingerprint density at radius 3 is 0.927 bits per heavy atom. The highest BCUT2D eigenvalue weighted by Crippen LogP contribution is 2.24. The second-order valence-electron chi connectivity index (χ2n) is 19.3. The van der Waals surface area contributed by atoms with Crippen molar-refractivity contribution in [2.24, 2.45) is 42.3 Å². The van der Waals surface area contributed by atoms with Crippen LogP contribution in [-0.4, -0.2) is 52.3 Å². The fourth-order valence-electron chi connectivity index (χ4n) is 9.82. The van der Waals surface area contributed by atoms with E-state index in [0.29, 0.717) is 0 Å². The third-order valence-electron chi connectivity index (χ3n) is 14.3. The number of para-hydroxylation sites is 2. The lowest BCUT2D eigenvalue weighted by molar-refractivity contribution is 0.883. The first kappa shape index (κ1) is 116. The molecule has 2 aromatic carbocycles. The molecular formula is C85H157N11. The Hall–Kier alpha value is -7.79. The van der Waals surface area contributed by atoms with E-state index in [1.54, 1.807) is 0 Å². The van der Waals surface area contributed by atoms with Crippen molar-refractivity contribution >= 4 is 65.7 Å². The van der Waals surface area contributed by atoms with Crippen molar-refractivity contribution in [1.29, 1.82) is 0 Å². The molecule has 0 N–H and O–H groups in total. The molecule has 11 heteroatoms. The summed E-state index contributed by atoms with van der Waals surface area (Å²) in [6.07, 6.45) is 9.39. The van der Waals surface area contributed by atoms with Gasteiger partial charge in [0.15, 0.2) is 0 Å². The van der Waals surface area contributed by atoms with Gasteiger partial charge in [0.2, 0.25) is 0 Å². The van der Waals surface area contributed by atoms with Crippen LogP contribution in [0.25, 0.3) is 65.7 Å². The molecule has 0 atom stereocenters. The molecule has 552 valence electrons. The molecule has 0 aliphatic rings. The zero-order valence-corrected chi connectivity index (χ0v) is 57.9. The summed E-state index contributed by atoms with van der Waals surface area (Å²) >= 11 is 0. The number of hydrogen-bond acceptors (Lipinski definition) is 5. The van der Waals surface area contributed by atoms with Crippen molar-refractivity contribution in [1.82, 2.24) is 52.3 Å². The Labute approximate surface area is 596 Å². The van der Waals surface area contributed by atoms with Gasteiger partial charge in [-0.15, -0.1) is 0 Å². The SMILES string of the molecule is C.C.C.C.C.C.C.C.C.C.C.C.CC.CC.CC.CC.CC.CC.Cc1cccc2cc(C)n(C)c12.Cc1cccc2nc(C)n(C)c12.Cc1ccnc2cc(C)n(C)c12.Cc1cncc2cc(C)n(C)c12.Cc1nccc2cc(C)n(C)c12.Cc1nccc2cc(C)n(C)c12. The Bertz CT molecular complexity index is 3210. The van der Waals surface area contributed by atoms with Gasteiger partial charge in [0.25, 0.3) is 0 Å². The van der Waals surface area contributed by atoms with Gasteiger partial charge in [-0.3, -0.25) is 19.9 Å². The summed E-state index contributed by atoms with van der Waals surface area (Å²) in [6.45, 7) is 49.2. The van der Waals surface area contributed by atoms with Gasteiger partial charge >= 0.3 is 0 Å². The quantitative estimate of drug-likeness (QED) is 0.151. The number of aromatic nitrogens is 11. The minimum atomic E-state index is 0. The summed E-state index contributed by atoms with van der Waals surface area (Å²) in [5.41, 5.74) is 23.6. The molecule has 12 aromatic rings. The minimum Gasteiger partial charge on any atom is -0.348 e. The van der Waals surface area contributed by atoms with E-state index in [9.17, 15) is 0 Å². The first-order chi connectivity index (χ1) is 40.2. The zero-order valence-electron chi connectivity index (χ0n) is 57.9. The summed E-state index contributed by atoms with van der Waals surface area (Å²) < 4.78 is 13.1. The van der Waals surface area contributed by atoms with E-state index in [1.165, 1.54) is 105 Å². The molecule has 0 saturated carbocycles. The average molecular weight is 1330 g/mol. The lowest BCUT2D eigenvalue weighted by Crippen LogP contribution is -1.92. The molecular weight excluding hydrogens is 1180 g/mol. The van der Waals surface area contributed by atoms with E-state index in [2.05, 4.69) is 230 Å². The molecule has 96 heavy (non-hydrogen) atoms. The summed E-state index contributed by atoms with van der Waals surface area (Å²) in [5, 5.41) is 5.13. The monoisotopic (exact) mass is 1330 g/mol. The molecule has 0 fully saturated rings. The Morgan fingerprint density at radius 2 is 0.562 bits per heavy atom. The molecule has 0 spiro atoms. The van der Waals surface area contributed by atoms with Crippen LogP contribution in [0, 0.1) is 83.1 Å². The van der Waals surface area contributed by atoms with Gasteiger partial charge in [-0.25, -0.2) is 4.98 Å². The van der Waals surface area contributed by atoms with Crippen LogP contribution in [-0.2, 0) is 42.3 Å². The minimum absolute atomic E-state index is 0. The van der Waals surface area contributed by atoms with Gasteiger partial charge in [0, 0.05) is 123 Å². The molecule has 0 aliphatic heterocycles. The van der Waals surface area contributed by atoms with Gasteiger partial charge < -0.3 is 27.4 Å². The lowest BCUT2D eigenvalue weighted by atomic mass is 10.2. The van der Waals surface area contributed by atoms with Gasteiger partial charge in [-0.05, 0) is 160 Å². The van der Waals surface area contributed by atoms with Crippen molar-refractivity contribution < 1.29 is 0 Å². The van der Waals surface area contributed by atoms with Crippen molar-refractivity contribution in [3.05, 3.63) is 184 Å². The van der Waals surface area contributed by atoms with E-state index >= 15 is 0 Å². The Morgan fingerprint density at radius 1 is 0.260 bits per heavy atom. The van der Waals surface area contributed by atoms with Crippen LogP contribution in [0.2, 0.25) is 0 Å². The standard InChI is InChI=1S/C11H13N.5C10H12N2.6C2H6.12CH4/c1-8-5-4-6-10-7-9(2)12(3)11(8)10;1-7-5-11-6-9-4-8(2)12(3)10(7)9;2*1-7-6-9-4-5-11-8(2)10(9)12(7)3;1-7-4-5-11-9-6-8(2)12(3)10(7)9;1-7-5-4-6-9-10(7)12(3)8(2)11-9;6*1-2;;;;;;;;;;;;/h4-7H,1-3H3;5*4-6H,1-3H3;6*1-2H3;12*1H4. The molecule has 0 radical (unpaired) electrons. The third kappa shape index (κ3) is 28.5. The van der Waals surface area contributed by atoms with Crippen molar-refractivity contribution in [2.45, 2.75) is 255 Å². The average Bonchev–Trinajstić information content (AvgIpc) is 1.82. The van der Waals surface area contributed by atoms with Crippen LogP contribution in [0.15, 0.2) is 116 Å². The summed E-state index contributed by atoms with van der Waals surface area (Å²) in [6, 6.07) is 29.7. The van der Waals surface area contributed by atoms with Crippen LogP contribution in [0.1, 0.15) is 240 Å². The number of rotatable bonds is 0. The molecule has 0 bridgehead atoms. The second kappa shape index (κ2) is 57.5. The topological polar surface area (TPSA) is 94.0 Å². The van der Waals surface area contributed by atoms with Crippen LogP contribution in [0.3, 0.4) is 0 Å². The maximum atomic E-state index is 4.44. The smallest absolute Gasteiger partial charge is 0.106 e. The van der Waals surface area contributed by atoms with Gasteiger partial charge in [-0.1, -0.05) is 203 Å². The molecule has 10 aromatic heterocycles. The number of nitrogens with zero attached hydrogens (tertiary/aromatic N) is 11. The predicted octanol–water partition coefficient (Wildman–Crippen LogP) is 27.5. The zero-order chi connectivity index (χ0) is 64.3. The first-order valence-corrected chi connectivity index (χ1v) is 30.6. The molecule has 12 rings (SSSR count). The van der Waals surface area contributed by atoms with Crippen LogP contribution < -0.4 is 0 Å². The normalized spacial score (nSPS) is 8.56. The van der Waals surface area contributed by atoms with Crippen molar-refractivity contribution in [3.8, 4) is 0 Å². The fraction of sp³-hybridized carbons (Fsp3) is 0.494. The molecule has 10 heterocycles. The highest BCUT2D eigenvalue weighted by molar-refractivity contribution is 5.86. The number of fused-ring (bicyclic) bond motifs is 6. The van der Waals surface area contributed by atoms with E-state index in [1.807, 2.05) is 147 Å². The van der Waals surface area contributed by atoms with E-state index < -0.39 is 0 Å². The van der Waals surface area contributed by atoms with Crippen molar-refractivity contribution in [3.63, 3.8) is 0 Å². The number of imidazole rings is 1. The number of aryl methyl sites for hydroxylation is 18. The largest absolute Gasteiger partial charge is 0.348 e.